The highest BCUT2D eigenvalue weighted by Gasteiger charge is 2.19. The number of para-hydroxylation sites is 1. The van der Waals surface area contributed by atoms with Crippen LogP contribution in [0.3, 0.4) is 0 Å². The Morgan fingerprint density at radius 1 is 1.25 bits per heavy atom. The van der Waals surface area contributed by atoms with Crippen molar-refractivity contribution in [1.29, 1.82) is 0 Å². The van der Waals surface area contributed by atoms with Gasteiger partial charge in [-0.2, -0.15) is 5.10 Å². The number of nitrogens with two attached hydrogens (primary N) is 1. The first kappa shape index (κ1) is 13.8. The smallest absolute Gasteiger partial charge is 0.356 e. The Balaban J connectivity index is 2.44. The molecule has 0 radical (unpaired) electrons. The van der Waals surface area contributed by atoms with Crippen molar-refractivity contribution in [2.75, 3.05) is 0 Å². The van der Waals surface area contributed by atoms with E-state index < -0.39 is 18.0 Å². The van der Waals surface area contributed by atoms with Crippen LogP contribution in [0.4, 0.5) is 0 Å². The van der Waals surface area contributed by atoms with Crippen molar-refractivity contribution in [3.05, 3.63) is 47.8 Å². The molecular formula is C13H13N3O4. The molecule has 20 heavy (non-hydrogen) atoms. The Morgan fingerprint density at radius 2 is 1.90 bits per heavy atom. The van der Waals surface area contributed by atoms with Crippen LogP contribution in [0, 0.1) is 0 Å². The van der Waals surface area contributed by atoms with Crippen LogP contribution in [-0.4, -0.2) is 38.0 Å². The molecule has 0 aliphatic rings. The van der Waals surface area contributed by atoms with E-state index in [1.54, 1.807) is 24.3 Å². The van der Waals surface area contributed by atoms with Crippen LogP contribution >= 0.6 is 0 Å². The number of carboxylic acids is 2. The van der Waals surface area contributed by atoms with Gasteiger partial charge in [0.1, 0.15) is 6.04 Å². The van der Waals surface area contributed by atoms with Crippen LogP contribution in [-0.2, 0) is 11.2 Å². The van der Waals surface area contributed by atoms with Gasteiger partial charge in [-0.3, -0.25) is 4.79 Å². The lowest BCUT2D eigenvalue weighted by Crippen LogP contribution is -2.33. The van der Waals surface area contributed by atoms with E-state index in [2.05, 4.69) is 5.10 Å². The van der Waals surface area contributed by atoms with Gasteiger partial charge in [0.05, 0.1) is 5.69 Å². The predicted molar refractivity (Wildman–Crippen MR) is 69.8 cm³/mol. The molecule has 1 heterocycles. The number of rotatable bonds is 5. The van der Waals surface area contributed by atoms with Crippen LogP contribution in [0.5, 0.6) is 0 Å². The number of carboxylic acid groups (broad SMARTS) is 2. The molecule has 0 fully saturated rings. The van der Waals surface area contributed by atoms with Gasteiger partial charge < -0.3 is 15.9 Å². The van der Waals surface area contributed by atoms with Crippen LogP contribution < -0.4 is 5.73 Å². The van der Waals surface area contributed by atoms with Crippen LogP contribution in [0.25, 0.3) is 5.69 Å². The Hall–Kier alpha value is -2.67. The molecule has 0 aliphatic carbocycles. The minimum atomic E-state index is -1.18. The zero-order valence-electron chi connectivity index (χ0n) is 10.4. The summed E-state index contributed by atoms with van der Waals surface area (Å²) < 4.78 is 1.40. The minimum Gasteiger partial charge on any atom is -0.480 e. The van der Waals surface area contributed by atoms with Gasteiger partial charge in [0, 0.05) is 12.1 Å². The van der Waals surface area contributed by atoms with Crippen molar-refractivity contribution in [2.24, 2.45) is 5.73 Å². The highest BCUT2D eigenvalue weighted by Crippen LogP contribution is 2.14. The highest BCUT2D eigenvalue weighted by molar-refractivity contribution is 5.85. The first-order chi connectivity index (χ1) is 9.49. The summed E-state index contributed by atoms with van der Waals surface area (Å²) in [6, 6.07) is 9.07. The van der Waals surface area contributed by atoms with Gasteiger partial charge in [0.15, 0.2) is 5.69 Å². The molecule has 0 spiro atoms. The van der Waals surface area contributed by atoms with Gasteiger partial charge in [-0.15, -0.1) is 0 Å². The standard InChI is InChI=1S/C13H13N3O4/c14-10(12(17)18)6-9-7-11(13(19)20)15-16(9)8-4-2-1-3-5-8/h1-5,7,10H,6,14H2,(H,17,18)(H,19,20)/t10-/m1/s1. The highest BCUT2D eigenvalue weighted by atomic mass is 16.4. The summed E-state index contributed by atoms with van der Waals surface area (Å²) in [5, 5.41) is 21.8. The minimum absolute atomic E-state index is 0.00942. The van der Waals surface area contributed by atoms with Crippen molar-refractivity contribution < 1.29 is 19.8 Å². The van der Waals surface area contributed by atoms with E-state index in [0.29, 0.717) is 11.4 Å². The summed E-state index contributed by atoms with van der Waals surface area (Å²) >= 11 is 0. The third-order valence-corrected chi connectivity index (χ3v) is 2.75. The topological polar surface area (TPSA) is 118 Å². The van der Waals surface area contributed by atoms with Crippen molar-refractivity contribution in [3.8, 4) is 5.69 Å². The van der Waals surface area contributed by atoms with E-state index in [4.69, 9.17) is 15.9 Å². The maximum atomic E-state index is 11.0. The number of nitrogens with zero attached hydrogens (tertiary/aromatic N) is 2. The molecule has 0 saturated carbocycles. The van der Waals surface area contributed by atoms with Gasteiger partial charge >= 0.3 is 11.9 Å². The number of aliphatic carboxylic acids is 1. The predicted octanol–water partition coefficient (Wildman–Crippen LogP) is 0.525. The SMILES string of the molecule is N[C@H](Cc1cc(C(=O)O)nn1-c1ccccc1)C(=O)O. The zero-order chi connectivity index (χ0) is 14.7. The summed E-state index contributed by atoms with van der Waals surface area (Å²) in [5.41, 5.74) is 6.42. The van der Waals surface area contributed by atoms with E-state index in [1.165, 1.54) is 10.7 Å². The molecule has 1 aromatic carbocycles. The molecule has 0 saturated heterocycles. The van der Waals surface area contributed by atoms with Crippen LogP contribution in [0.2, 0.25) is 0 Å². The fourth-order valence-electron chi connectivity index (χ4n) is 1.78. The first-order valence-corrected chi connectivity index (χ1v) is 5.85. The molecule has 7 nitrogen and oxygen atoms in total. The normalized spacial score (nSPS) is 12.1. The van der Waals surface area contributed by atoms with Crippen molar-refractivity contribution in [2.45, 2.75) is 12.5 Å². The molecule has 7 heteroatoms. The Morgan fingerprint density at radius 3 is 2.45 bits per heavy atom. The molecule has 2 aromatic rings. The zero-order valence-corrected chi connectivity index (χ0v) is 10.4. The molecule has 1 aromatic heterocycles. The Kier molecular flexibility index (Phi) is 3.81. The van der Waals surface area contributed by atoms with E-state index in [-0.39, 0.29) is 12.1 Å². The fourth-order valence-corrected chi connectivity index (χ4v) is 1.78. The number of hydrogen-bond donors (Lipinski definition) is 3. The Bertz CT molecular complexity index is 636. The quantitative estimate of drug-likeness (QED) is 0.732. The summed E-state index contributed by atoms with van der Waals surface area (Å²) in [6.07, 6.45) is -0.00942. The van der Waals surface area contributed by atoms with Crippen LogP contribution in [0.1, 0.15) is 16.2 Å². The number of benzene rings is 1. The number of aromatic nitrogens is 2. The first-order valence-electron chi connectivity index (χ1n) is 5.85. The largest absolute Gasteiger partial charge is 0.480 e. The second-order valence-corrected chi connectivity index (χ2v) is 4.22. The average Bonchev–Trinajstić information content (AvgIpc) is 2.83. The lowest BCUT2D eigenvalue weighted by atomic mass is 10.1. The van der Waals surface area contributed by atoms with Crippen LogP contribution in [0.15, 0.2) is 36.4 Å². The number of aromatic carboxylic acids is 1. The molecule has 1 atom stereocenters. The molecule has 0 unspecified atom stereocenters. The number of hydrogen-bond acceptors (Lipinski definition) is 4. The third kappa shape index (κ3) is 2.83. The van der Waals surface area contributed by atoms with Crippen molar-refractivity contribution in [3.63, 3.8) is 0 Å². The van der Waals surface area contributed by atoms with E-state index in [0.717, 1.165) is 0 Å². The van der Waals surface area contributed by atoms with Crippen molar-refractivity contribution >= 4 is 11.9 Å². The maximum Gasteiger partial charge on any atom is 0.356 e. The van der Waals surface area contributed by atoms with Gasteiger partial charge in [0.2, 0.25) is 0 Å². The van der Waals surface area contributed by atoms with Gasteiger partial charge in [-0.1, -0.05) is 18.2 Å². The lowest BCUT2D eigenvalue weighted by Gasteiger charge is -2.09. The molecule has 0 bridgehead atoms. The van der Waals surface area contributed by atoms with E-state index >= 15 is 0 Å². The summed E-state index contributed by atoms with van der Waals surface area (Å²) in [6.45, 7) is 0. The third-order valence-electron chi connectivity index (χ3n) is 2.75. The Labute approximate surface area is 114 Å². The number of carbonyl (C=O) groups is 2. The van der Waals surface area contributed by atoms with Gasteiger partial charge in [-0.25, -0.2) is 9.48 Å². The molecule has 0 amide bonds. The second-order valence-electron chi connectivity index (χ2n) is 4.22. The molecule has 104 valence electrons. The van der Waals surface area contributed by atoms with Crippen molar-refractivity contribution in [1.82, 2.24) is 9.78 Å². The summed E-state index contributed by atoms with van der Waals surface area (Å²) in [7, 11) is 0. The average molecular weight is 275 g/mol. The maximum absolute atomic E-state index is 11.0. The summed E-state index contributed by atoms with van der Waals surface area (Å²) in [5.74, 6) is -2.33. The fraction of sp³-hybridized carbons (Fsp3) is 0.154. The van der Waals surface area contributed by atoms with Gasteiger partial charge in [0.25, 0.3) is 0 Å². The lowest BCUT2D eigenvalue weighted by molar-refractivity contribution is -0.138. The molecule has 2 rings (SSSR count). The molecule has 4 N–H and O–H groups in total. The molecular weight excluding hydrogens is 262 g/mol. The molecule has 0 aliphatic heterocycles. The van der Waals surface area contributed by atoms with E-state index in [1.807, 2.05) is 6.07 Å². The summed E-state index contributed by atoms with van der Waals surface area (Å²) in [4.78, 5) is 21.8. The van der Waals surface area contributed by atoms with Gasteiger partial charge in [-0.05, 0) is 18.2 Å². The monoisotopic (exact) mass is 275 g/mol. The second kappa shape index (κ2) is 5.54. The van der Waals surface area contributed by atoms with E-state index in [9.17, 15) is 9.59 Å².